The smallest absolute Gasteiger partial charge is 0.216 e. The zero-order chi connectivity index (χ0) is 10.9. The molecule has 0 bridgehead atoms. The van der Waals surface area contributed by atoms with Gasteiger partial charge < -0.3 is 5.11 Å². The fourth-order valence-electron chi connectivity index (χ4n) is 2.46. The van der Waals surface area contributed by atoms with Crippen LogP contribution in [0.15, 0.2) is 0 Å². The van der Waals surface area contributed by atoms with Gasteiger partial charge in [-0.1, -0.05) is 0 Å². The molecule has 0 radical (unpaired) electrons. The number of piperazine rings is 1. The Hall–Kier alpha value is -0.170. The average molecular weight is 234 g/mol. The van der Waals surface area contributed by atoms with Gasteiger partial charge in [-0.2, -0.15) is 4.31 Å². The highest BCUT2D eigenvalue weighted by Gasteiger charge is 2.34. The highest BCUT2D eigenvalue weighted by Crippen LogP contribution is 2.22. The van der Waals surface area contributed by atoms with E-state index < -0.39 is 10.0 Å². The van der Waals surface area contributed by atoms with Gasteiger partial charge in [-0.05, 0) is 19.4 Å². The number of fused-ring (bicyclic) bond motifs is 1. The molecule has 1 N–H and O–H groups in total. The van der Waals surface area contributed by atoms with Crippen molar-refractivity contribution in [3.63, 3.8) is 0 Å². The van der Waals surface area contributed by atoms with Crippen LogP contribution in [0, 0.1) is 0 Å². The Balaban J connectivity index is 2.00. The van der Waals surface area contributed by atoms with Crippen LogP contribution in [0.25, 0.3) is 0 Å². The van der Waals surface area contributed by atoms with Crippen molar-refractivity contribution in [2.45, 2.75) is 18.9 Å². The van der Waals surface area contributed by atoms with E-state index in [-0.39, 0.29) is 12.4 Å². The van der Waals surface area contributed by atoms with E-state index in [0.29, 0.717) is 19.1 Å². The van der Waals surface area contributed by atoms with E-state index in [1.54, 1.807) is 0 Å². The van der Waals surface area contributed by atoms with Crippen LogP contribution in [-0.4, -0.2) is 67.3 Å². The van der Waals surface area contributed by atoms with Crippen LogP contribution in [0.4, 0.5) is 0 Å². The molecule has 0 aromatic carbocycles. The van der Waals surface area contributed by atoms with Crippen molar-refractivity contribution in [2.75, 3.05) is 38.5 Å². The zero-order valence-electron chi connectivity index (χ0n) is 8.80. The summed E-state index contributed by atoms with van der Waals surface area (Å²) in [5.74, 6) is -0.139. The molecule has 0 spiro atoms. The van der Waals surface area contributed by atoms with Crippen LogP contribution >= 0.6 is 0 Å². The summed E-state index contributed by atoms with van der Waals surface area (Å²) in [7, 11) is -3.22. The minimum absolute atomic E-state index is 0.139. The van der Waals surface area contributed by atoms with Gasteiger partial charge in [0, 0.05) is 25.7 Å². The van der Waals surface area contributed by atoms with Gasteiger partial charge in [0.25, 0.3) is 0 Å². The zero-order valence-corrected chi connectivity index (χ0v) is 9.62. The molecule has 2 rings (SSSR count). The molecular weight excluding hydrogens is 216 g/mol. The molecule has 2 saturated heterocycles. The molecule has 1 atom stereocenters. The normalized spacial score (nSPS) is 29.3. The van der Waals surface area contributed by atoms with E-state index in [9.17, 15) is 8.42 Å². The van der Waals surface area contributed by atoms with Gasteiger partial charge in [-0.3, -0.25) is 4.90 Å². The number of aliphatic hydroxyl groups is 1. The van der Waals surface area contributed by atoms with Crippen LogP contribution in [0.3, 0.4) is 0 Å². The predicted molar refractivity (Wildman–Crippen MR) is 57.0 cm³/mol. The van der Waals surface area contributed by atoms with Gasteiger partial charge in [0.05, 0.1) is 12.4 Å². The second-order valence-corrected chi connectivity index (χ2v) is 6.32. The molecule has 6 heteroatoms. The third-order valence-corrected chi connectivity index (χ3v) is 5.11. The summed E-state index contributed by atoms with van der Waals surface area (Å²) in [4.78, 5) is 2.37. The maximum Gasteiger partial charge on any atom is 0.216 e. The van der Waals surface area contributed by atoms with Gasteiger partial charge in [0.1, 0.15) is 0 Å². The molecule has 88 valence electrons. The molecule has 2 fully saturated rings. The lowest BCUT2D eigenvalue weighted by Gasteiger charge is -2.36. The average Bonchev–Trinajstić information content (AvgIpc) is 2.63. The predicted octanol–water partition coefficient (Wildman–Crippen LogP) is -0.911. The lowest BCUT2D eigenvalue weighted by Crippen LogP contribution is -2.52. The largest absolute Gasteiger partial charge is 0.395 e. The fourth-order valence-corrected chi connectivity index (χ4v) is 3.71. The second kappa shape index (κ2) is 4.37. The number of rotatable bonds is 3. The van der Waals surface area contributed by atoms with Crippen molar-refractivity contribution in [1.82, 2.24) is 9.21 Å². The molecule has 2 aliphatic heterocycles. The van der Waals surface area contributed by atoms with E-state index >= 15 is 0 Å². The SMILES string of the molecule is O=S(=O)(CCO)N1CCN2CCCC2C1. The molecule has 2 heterocycles. The summed E-state index contributed by atoms with van der Waals surface area (Å²) >= 11 is 0. The minimum atomic E-state index is -3.22. The first-order chi connectivity index (χ1) is 7.13. The van der Waals surface area contributed by atoms with Crippen molar-refractivity contribution in [3.8, 4) is 0 Å². The molecule has 0 aromatic rings. The summed E-state index contributed by atoms with van der Waals surface area (Å²) in [6.45, 7) is 2.86. The monoisotopic (exact) mass is 234 g/mol. The maximum absolute atomic E-state index is 11.7. The van der Waals surface area contributed by atoms with Crippen LogP contribution in [0.1, 0.15) is 12.8 Å². The Kier molecular flexibility index (Phi) is 3.30. The van der Waals surface area contributed by atoms with E-state index in [2.05, 4.69) is 4.90 Å². The topological polar surface area (TPSA) is 60.9 Å². The van der Waals surface area contributed by atoms with Crippen molar-refractivity contribution in [3.05, 3.63) is 0 Å². The Labute approximate surface area is 90.7 Å². The fraction of sp³-hybridized carbons (Fsp3) is 1.00. The first kappa shape index (κ1) is 11.3. The van der Waals surface area contributed by atoms with Crippen LogP contribution < -0.4 is 0 Å². The van der Waals surface area contributed by atoms with E-state index in [1.165, 1.54) is 10.7 Å². The Morgan fingerprint density at radius 3 is 2.80 bits per heavy atom. The number of nitrogens with zero attached hydrogens (tertiary/aromatic N) is 2. The molecule has 0 amide bonds. The Bertz CT molecular complexity index is 317. The van der Waals surface area contributed by atoms with Gasteiger partial charge in [-0.15, -0.1) is 0 Å². The summed E-state index contributed by atoms with van der Waals surface area (Å²) in [5, 5.41) is 8.70. The number of hydrogen-bond donors (Lipinski definition) is 1. The molecule has 0 aromatic heterocycles. The van der Waals surface area contributed by atoms with E-state index in [0.717, 1.165) is 19.5 Å². The van der Waals surface area contributed by atoms with Crippen LogP contribution in [0.2, 0.25) is 0 Å². The van der Waals surface area contributed by atoms with Gasteiger partial charge in [-0.25, -0.2) is 8.42 Å². The second-order valence-electron chi connectivity index (χ2n) is 4.23. The Morgan fingerprint density at radius 1 is 1.27 bits per heavy atom. The third-order valence-electron chi connectivity index (χ3n) is 3.29. The summed E-state index contributed by atoms with van der Waals surface area (Å²) < 4.78 is 25.0. The lowest BCUT2D eigenvalue weighted by atomic mass is 10.2. The lowest BCUT2D eigenvalue weighted by molar-refractivity contribution is 0.157. The number of sulfonamides is 1. The number of hydrogen-bond acceptors (Lipinski definition) is 4. The quantitative estimate of drug-likeness (QED) is 0.687. The first-order valence-electron chi connectivity index (χ1n) is 5.46. The number of aliphatic hydroxyl groups excluding tert-OH is 1. The summed E-state index contributed by atoms with van der Waals surface area (Å²) in [5.41, 5.74) is 0. The van der Waals surface area contributed by atoms with Crippen LogP contribution in [0.5, 0.6) is 0 Å². The Morgan fingerprint density at radius 2 is 2.07 bits per heavy atom. The third kappa shape index (κ3) is 2.33. The minimum Gasteiger partial charge on any atom is -0.395 e. The van der Waals surface area contributed by atoms with E-state index in [1.807, 2.05) is 0 Å². The van der Waals surface area contributed by atoms with Gasteiger partial charge in [0.2, 0.25) is 10.0 Å². The van der Waals surface area contributed by atoms with Crippen LogP contribution in [-0.2, 0) is 10.0 Å². The first-order valence-corrected chi connectivity index (χ1v) is 7.07. The molecule has 0 saturated carbocycles. The standard InChI is InChI=1S/C9H18N2O3S/c12-6-7-15(13,14)11-5-4-10-3-1-2-9(10)8-11/h9,12H,1-8H2. The van der Waals surface area contributed by atoms with E-state index in [4.69, 9.17) is 5.11 Å². The molecule has 1 unspecified atom stereocenters. The maximum atomic E-state index is 11.7. The molecule has 5 nitrogen and oxygen atoms in total. The molecular formula is C9H18N2O3S. The van der Waals surface area contributed by atoms with Crippen molar-refractivity contribution in [1.29, 1.82) is 0 Å². The summed E-state index contributed by atoms with van der Waals surface area (Å²) in [6.07, 6.45) is 2.28. The van der Waals surface area contributed by atoms with Crippen molar-refractivity contribution >= 4 is 10.0 Å². The highest BCUT2D eigenvalue weighted by molar-refractivity contribution is 7.89. The van der Waals surface area contributed by atoms with Crippen molar-refractivity contribution in [2.24, 2.45) is 0 Å². The van der Waals surface area contributed by atoms with Gasteiger partial charge in [0.15, 0.2) is 0 Å². The van der Waals surface area contributed by atoms with Crippen molar-refractivity contribution < 1.29 is 13.5 Å². The summed E-state index contributed by atoms with van der Waals surface area (Å²) in [6, 6.07) is 0.409. The molecule has 15 heavy (non-hydrogen) atoms. The molecule has 2 aliphatic rings. The van der Waals surface area contributed by atoms with Gasteiger partial charge >= 0.3 is 0 Å². The highest BCUT2D eigenvalue weighted by atomic mass is 32.2. The molecule has 0 aliphatic carbocycles.